The van der Waals surface area contributed by atoms with E-state index in [-0.39, 0.29) is 22.8 Å². The van der Waals surface area contributed by atoms with Gasteiger partial charge in [0.05, 0.1) is 17.6 Å². The first kappa shape index (κ1) is 24.8. The molecule has 0 aliphatic rings. The highest BCUT2D eigenvalue weighted by atomic mass is 33.1. The minimum absolute atomic E-state index is 0.159. The molecule has 0 atom stereocenters. The van der Waals surface area contributed by atoms with Crippen molar-refractivity contribution in [3.05, 3.63) is 0 Å². The van der Waals surface area contributed by atoms with Crippen molar-refractivity contribution < 1.29 is 19.1 Å². The molecular formula is C19H36O4S2. The largest absolute Gasteiger partial charge is 0.464 e. The molecule has 0 aliphatic carbocycles. The third kappa shape index (κ3) is 12.7. The van der Waals surface area contributed by atoms with Gasteiger partial charge in [0.2, 0.25) is 0 Å². The first-order valence-corrected chi connectivity index (χ1v) is 11.3. The van der Waals surface area contributed by atoms with Crippen LogP contribution in [0, 0.1) is 10.8 Å². The first-order valence-electron chi connectivity index (χ1n) is 8.84. The van der Waals surface area contributed by atoms with Gasteiger partial charge in [0.25, 0.3) is 0 Å². The van der Waals surface area contributed by atoms with Gasteiger partial charge in [-0.15, -0.1) is 0 Å². The van der Waals surface area contributed by atoms with Crippen molar-refractivity contribution in [1.82, 2.24) is 0 Å². The second kappa shape index (κ2) is 10.8. The summed E-state index contributed by atoms with van der Waals surface area (Å²) in [5.74, 6) is 1.76. The van der Waals surface area contributed by atoms with Crippen molar-refractivity contribution in [3.8, 4) is 0 Å². The second-order valence-corrected chi connectivity index (χ2v) is 11.5. The molecular weight excluding hydrogens is 356 g/mol. The highest BCUT2D eigenvalue weighted by Gasteiger charge is 2.25. The molecule has 25 heavy (non-hydrogen) atoms. The molecule has 0 aromatic carbocycles. The van der Waals surface area contributed by atoms with Gasteiger partial charge in [0.1, 0.15) is 12.4 Å². The zero-order chi connectivity index (χ0) is 19.7. The number of hydrogen-bond acceptors (Lipinski definition) is 6. The van der Waals surface area contributed by atoms with E-state index in [2.05, 4.69) is 0 Å². The Bertz CT molecular complexity index is 420. The van der Waals surface area contributed by atoms with Gasteiger partial charge in [-0.25, -0.2) is 0 Å². The van der Waals surface area contributed by atoms with E-state index in [1.54, 1.807) is 21.6 Å². The molecule has 0 bridgehead atoms. The summed E-state index contributed by atoms with van der Waals surface area (Å²) < 4.78 is 11.1. The molecule has 0 heterocycles. The maximum Gasteiger partial charge on any atom is 0.311 e. The van der Waals surface area contributed by atoms with Gasteiger partial charge < -0.3 is 9.47 Å². The van der Waals surface area contributed by atoms with Crippen molar-refractivity contribution in [3.63, 3.8) is 0 Å². The molecule has 0 radical (unpaired) electrons. The number of esters is 1. The summed E-state index contributed by atoms with van der Waals surface area (Å²) in [6, 6.07) is 0. The number of hydrogen-bond donors (Lipinski definition) is 0. The summed E-state index contributed by atoms with van der Waals surface area (Å²) >= 11 is 0. The molecule has 0 rings (SSSR count). The van der Waals surface area contributed by atoms with Crippen LogP contribution in [0.2, 0.25) is 0 Å². The fourth-order valence-corrected chi connectivity index (χ4v) is 3.37. The summed E-state index contributed by atoms with van der Waals surface area (Å²) in [4.78, 5) is 23.6. The highest BCUT2D eigenvalue weighted by molar-refractivity contribution is 8.76. The summed E-state index contributed by atoms with van der Waals surface area (Å²) in [6.07, 6.45) is 1.29. The van der Waals surface area contributed by atoms with Gasteiger partial charge in [0.15, 0.2) is 0 Å². The number of carbonyl (C=O) groups is 2. The Morgan fingerprint density at radius 1 is 0.800 bits per heavy atom. The standard InChI is InChI=1S/C19H36O4S2/c1-17(2,3)15(20)9-10-19(7,8)23-12-14-25-24-13-11-22-16(21)18(4,5)6/h9-14H2,1-8H3. The van der Waals surface area contributed by atoms with Gasteiger partial charge in [-0.3, -0.25) is 9.59 Å². The Labute approximate surface area is 162 Å². The molecule has 0 fully saturated rings. The quantitative estimate of drug-likeness (QED) is 0.275. The van der Waals surface area contributed by atoms with E-state index in [4.69, 9.17) is 9.47 Å². The lowest BCUT2D eigenvalue weighted by Gasteiger charge is -2.26. The Morgan fingerprint density at radius 2 is 1.32 bits per heavy atom. The molecule has 0 spiro atoms. The van der Waals surface area contributed by atoms with E-state index in [1.165, 1.54) is 0 Å². The number of rotatable bonds is 11. The van der Waals surface area contributed by atoms with Gasteiger partial charge in [-0.1, -0.05) is 42.4 Å². The van der Waals surface area contributed by atoms with E-state index in [0.29, 0.717) is 19.6 Å². The van der Waals surface area contributed by atoms with Crippen LogP contribution in [0.1, 0.15) is 68.2 Å². The van der Waals surface area contributed by atoms with Crippen LogP contribution in [-0.2, 0) is 19.1 Å². The number of carbonyl (C=O) groups excluding carboxylic acids is 2. The van der Waals surface area contributed by atoms with E-state index in [9.17, 15) is 9.59 Å². The zero-order valence-electron chi connectivity index (χ0n) is 17.2. The fraction of sp³-hybridized carbons (Fsp3) is 0.895. The van der Waals surface area contributed by atoms with Gasteiger partial charge >= 0.3 is 5.97 Å². The number of Topliss-reactive ketones (excluding diaryl/α,β-unsaturated/α-hetero) is 1. The van der Waals surface area contributed by atoms with E-state index in [0.717, 1.165) is 17.9 Å². The molecule has 0 aromatic heterocycles. The highest BCUT2D eigenvalue weighted by Crippen LogP contribution is 2.25. The average Bonchev–Trinajstić information content (AvgIpc) is 2.45. The molecule has 0 unspecified atom stereocenters. The lowest BCUT2D eigenvalue weighted by molar-refractivity contribution is -0.152. The van der Waals surface area contributed by atoms with Gasteiger partial charge in [-0.05, 0) is 41.0 Å². The molecule has 0 N–H and O–H groups in total. The molecule has 0 saturated heterocycles. The monoisotopic (exact) mass is 392 g/mol. The lowest BCUT2D eigenvalue weighted by atomic mass is 9.86. The summed E-state index contributed by atoms with van der Waals surface area (Å²) in [7, 11) is 3.40. The van der Waals surface area contributed by atoms with E-state index in [1.807, 2.05) is 55.4 Å². The minimum Gasteiger partial charge on any atom is -0.464 e. The molecule has 0 aromatic rings. The SMILES string of the molecule is CC(C)(CCC(=O)C(C)(C)C)OCCSSCCOC(=O)C(C)(C)C. The van der Waals surface area contributed by atoms with E-state index < -0.39 is 5.41 Å². The van der Waals surface area contributed by atoms with Crippen LogP contribution in [0.3, 0.4) is 0 Å². The van der Waals surface area contributed by atoms with Crippen molar-refractivity contribution in [2.45, 2.75) is 73.8 Å². The van der Waals surface area contributed by atoms with Gasteiger partial charge in [0, 0.05) is 23.3 Å². The third-order valence-electron chi connectivity index (χ3n) is 3.55. The lowest BCUT2D eigenvalue weighted by Crippen LogP contribution is -2.29. The zero-order valence-corrected chi connectivity index (χ0v) is 18.8. The van der Waals surface area contributed by atoms with Crippen LogP contribution >= 0.6 is 21.6 Å². The third-order valence-corrected chi connectivity index (χ3v) is 5.88. The van der Waals surface area contributed by atoms with Crippen molar-refractivity contribution >= 4 is 33.3 Å². The van der Waals surface area contributed by atoms with Gasteiger partial charge in [-0.2, -0.15) is 0 Å². The minimum atomic E-state index is -0.439. The van der Waals surface area contributed by atoms with Crippen LogP contribution < -0.4 is 0 Å². The Morgan fingerprint density at radius 3 is 1.80 bits per heavy atom. The summed E-state index contributed by atoms with van der Waals surface area (Å²) in [5.41, 5.74) is -1.00. The Kier molecular flexibility index (Phi) is 10.7. The van der Waals surface area contributed by atoms with Crippen LogP contribution in [-0.4, -0.2) is 42.1 Å². The topological polar surface area (TPSA) is 52.6 Å². The normalized spacial score (nSPS) is 13.0. The first-order chi connectivity index (χ1) is 11.3. The van der Waals surface area contributed by atoms with E-state index >= 15 is 0 Å². The summed E-state index contributed by atoms with van der Waals surface area (Å²) in [5, 5.41) is 0. The van der Waals surface area contributed by atoms with Crippen LogP contribution in [0.5, 0.6) is 0 Å². The smallest absolute Gasteiger partial charge is 0.311 e. The fourth-order valence-electron chi connectivity index (χ4n) is 1.72. The average molecular weight is 393 g/mol. The predicted octanol–water partition coefficient (Wildman–Crippen LogP) is 5.15. The Balaban J connectivity index is 3.73. The molecule has 6 heteroatoms. The number of ether oxygens (including phenoxy) is 2. The van der Waals surface area contributed by atoms with Crippen LogP contribution in [0.4, 0.5) is 0 Å². The number of ketones is 1. The molecule has 4 nitrogen and oxygen atoms in total. The van der Waals surface area contributed by atoms with Crippen LogP contribution in [0.25, 0.3) is 0 Å². The maximum atomic E-state index is 12.0. The predicted molar refractivity (Wildman–Crippen MR) is 109 cm³/mol. The maximum absolute atomic E-state index is 12.0. The molecule has 148 valence electrons. The second-order valence-electron chi connectivity index (χ2n) is 8.81. The molecule has 0 aliphatic heterocycles. The molecule has 0 saturated carbocycles. The van der Waals surface area contributed by atoms with Crippen molar-refractivity contribution in [2.75, 3.05) is 24.7 Å². The Hall–Kier alpha value is -0.200. The van der Waals surface area contributed by atoms with Crippen LogP contribution in [0.15, 0.2) is 0 Å². The van der Waals surface area contributed by atoms with Crippen molar-refractivity contribution in [2.24, 2.45) is 10.8 Å². The summed E-state index contributed by atoms with van der Waals surface area (Å²) in [6.45, 7) is 16.6. The van der Waals surface area contributed by atoms with Crippen molar-refractivity contribution in [1.29, 1.82) is 0 Å². The molecule has 0 amide bonds.